The Hall–Kier alpha value is 0.110. The Morgan fingerprint density at radius 3 is 2.41 bits per heavy atom. The van der Waals surface area contributed by atoms with E-state index < -0.39 is 10.8 Å². The van der Waals surface area contributed by atoms with Gasteiger partial charge in [0.15, 0.2) is 0 Å². The molecule has 4 unspecified atom stereocenters. The van der Waals surface area contributed by atoms with Crippen LogP contribution in [0.15, 0.2) is 0 Å². The van der Waals surface area contributed by atoms with Gasteiger partial charge in [0, 0.05) is 21.8 Å². The first-order valence-electron chi connectivity index (χ1n) is 7.03. The quantitative estimate of drug-likeness (QED) is 0.825. The average molecular weight is 259 g/mol. The SMILES string of the molecule is CCS(=O)C1CC(C(C)(C)CC)CCC1CN. The van der Waals surface area contributed by atoms with E-state index in [0.29, 0.717) is 23.1 Å². The Balaban J connectivity index is 2.75. The van der Waals surface area contributed by atoms with Crippen molar-refractivity contribution >= 4 is 10.8 Å². The highest BCUT2D eigenvalue weighted by Gasteiger charge is 2.38. The van der Waals surface area contributed by atoms with Crippen molar-refractivity contribution in [2.24, 2.45) is 23.0 Å². The van der Waals surface area contributed by atoms with Gasteiger partial charge in [0.2, 0.25) is 0 Å². The first-order chi connectivity index (χ1) is 7.96. The van der Waals surface area contributed by atoms with E-state index in [9.17, 15) is 4.21 Å². The van der Waals surface area contributed by atoms with Crippen molar-refractivity contribution in [2.75, 3.05) is 12.3 Å². The molecule has 1 rings (SSSR count). The Morgan fingerprint density at radius 1 is 1.29 bits per heavy atom. The standard InChI is InChI=1S/C14H29NOS/c1-5-14(3,4)12-8-7-11(10-15)13(9-12)17(16)6-2/h11-13H,5-10,15H2,1-4H3. The third-order valence-corrected chi connectivity index (χ3v) is 6.69. The Morgan fingerprint density at radius 2 is 1.94 bits per heavy atom. The zero-order valence-corrected chi connectivity index (χ0v) is 12.7. The highest BCUT2D eigenvalue weighted by molar-refractivity contribution is 7.85. The fourth-order valence-corrected chi connectivity index (χ4v) is 4.55. The lowest BCUT2D eigenvalue weighted by molar-refractivity contribution is 0.133. The molecule has 1 fully saturated rings. The molecule has 2 nitrogen and oxygen atoms in total. The summed E-state index contributed by atoms with van der Waals surface area (Å²) >= 11 is 0. The van der Waals surface area contributed by atoms with E-state index >= 15 is 0 Å². The van der Waals surface area contributed by atoms with Gasteiger partial charge in [-0.15, -0.1) is 0 Å². The minimum absolute atomic E-state index is 0.342. The first kappa shape index (κ1) is 15.2. The predicted molar refractivity (Wildman–Crippen MR) is 76.4 cm³/mol. The summed E-state index contributed by atoms with van der Waals surface area (Å²) in [6, 6.07) is 0. The summed E-state index contributed by atoms with van der Waals surface area (Å²) in [7, 11) is -0.681. The van der Waals surface area contributed by atoms with E-state index in [0.717, 1.165) is 18.1 Å². The van der Waals surface area contributed by atoms with Crippen molar-refractivity contribution in [3.63, 3.8) is 0 Å². The van der Waals surface area contributed by atoms with E-state index in [4.69, 9.17) is 5.73 Å². The molecule has 0 radical (unpaired) electrons. The molecule has 1 aliphatic carbocycles. The maximum absolute atomic E-state index is 12.2. The Labute approximate surface area is 109 Å². The fraction of sp³-hybridized carbons (Fsp3) is 1.00. The first-order valence-corrected chi connectivity index (χ1v) is 8.41. The largest absolute Gasteiger partial charge is 0.330 e. The lowest BCUT2D eigenvalue weighted by atomic mass is 9.67. The molecular weight excluding hydrogens is 230 g/mol. The van der Waals surface area contributed by atoms with Crippen molar-refractivity contribution in [2.45, 2.75) is 58.6 Å². The van der Waals surface area contributed by atoms with Crippen LogP contribution in [-0.4, -0.2) is 21.8 Å². The van der Waals surface area contributed by atoms with Gasteiger partial charge in [-0.3, -0.25) is 4.21 Å². The molecule has 17 heavy (non-hydrogen) atoms. The molecule has 4 atom stereocenters. The van der Waals surface area contributed by atoms with Gasteiger partial charge in [-0.25, -0.2) is 0 Å². The number of hydrogen-bond donors (Lipinski definition) is 1. The summed E-state index contributed by atoms with van der Waals surface area (Å²) in [5.74, 6) is 1.98. The summed E-state index contributed by atoms with van der Waals surface area (Å²) in [6.45, 7) is 9.70. The van der Waals surface area contributed by atoms with Gasteiger partial charge in [-0.1, -0.05) is 34.1 Å². The fourth-order valence-electron chi connectivity index (χ4n) is 3.00. The lowest BCUT2D eigenvalue weighted by Crippen LogP contribution is -2.41. The maximum atomic E-state index is 12.2. The van der Waals surface area contributed by atoms with Crippen molar-refractivity contribution < 1.29 is 4.21 Å². The van der Waals surface area contributed by atoms with Crippen molar-refractivity contribution in [1.29, 1.82) is 0 Å². The molecule has 0 aromatic carbocycles. The smallest absolute Gasteiger partial charge is 0.0390 e. The predicted octanol–water partition coefficient (Wildman–Crippen LogP) is 2.93. The van der Waals surface area contributed by atoms with Gasteiger partial charge >= 0.3 is 0 Å². The second-order valence-electron chi connectivity index (χ2n) is 6.06. The molecule has 0 aromatic heterocycles. The van der Waals surface area contributed by atoms with Crippen LogP contribution < -0.4 is 5.73 Å². The van der Waals surface area contributed by atoms with E-state index in [1.807, 2.05) is 6.92 Å². The molecule has 0 spiro atoms. The molecule has 0 heterocycles. The molecule has 2 N–H and O–H groups in total. The minimum atomic E-state index is -0.681. The van der Waals surface area contributed by atoms with Crippen LogP contribution in [0.2, 0.25) is 0 Å². The van der Waals surface area contributed by atoms with Crippen LogP contribution in [0.25, 0.3) is 0 Å². The van der Waals surface area contributed by atoms with E-state index in [1.54, 1.807) is 0 Å². The second-order valence-corrected chi connectivity index (χ2v) is 8.00. The van der Waals surface area contributed by atoms with Crippen molar-refractivity contribution in [3.8, 4) is 0 Å². The monoisotopic (exact) mass is 259 g/mol. The van der Waals surface area contributed by atoms with E-state index in [-0.39, 0.29) is 0 Å². The normalized spacial score (nSPS) is 32.4. The van der Waals surface area contributed by atoms with Crippen LogP contribution in [0, 0.1) is 17.3 Å². The molecule has 0 aliphatic heterocycles. The summed E-state index contributed by atoms with van der Waals surface area (Å²) in [6.07, 6.45) is 4.75. The number of hydrogen-bond acceptors (Lipinski definition) is 2. The number of nitrogens with two attached hydrogens (primary N) is 1. The average Bonchev–Trinajstić information content (AvgIpc) is 2.36. The topological polar surface area (TPSA) is 43.1 Å². The molecule has 3 heteroatoms. The molecule has 0 aromatic rings. The van der Waals surface area contributed by atoms with E-state index in [2.05, 4.69) is 20.8 Å². The van der Waals surface area contributed by atoms with Crippen LogP contribution >= 0.6 is 0 Å². The van der Waals surface area contributed by atoms with Crippen LogP contribution in [0.4, 0.5) is 0 Å². The van der Waals surface area contributed by atoms with Crippen LogP contribution in [-0.2, 0) is 10.8 Å². The van der Waals surface area contributed by atoms with Gasteiger partial charge in [-0.05, 0) is 43.1 Å². The van der Waals surface area contributed by atoms with Crippen molar-refractivity contribution in [3.05, 3.63) is 0 Å². The third kappa shape index (κ3) is 3.54. The van der Waals surface area contributed by atoms with Gasteiger partial charge in [-0.2, -0.15) is 0 Å². The lowest BCUT2D eigenvalue weighted by Gasteiger charge is -2.42. The number of rotatable bonds is 5. The van der Waals surface area contributed by atoms with Crippen LogP contribution in [0.3, 0.4) is 0 Å². The minimum Gasteiger partial charge on any atom is -0.330 e. The third-order valence-electron chi connectivity index (χ3n) is 4.87. The molecule has 0 saturated heterocycles. The summed E-state index contributed by atoms with van der Waals surface area (Å²) in [4.78, 5) is 0. The summed E-state index contributed by atoms with van der Waals surface area (Å²) in [5, 5.41) is 0.342. The van der Waals surface area contributed by atoms with Gasteiger partial charge < -0.3 is 5.73 Å². The molecular formula is C14H29NOS. The van der Waals surface area contributed by atoms with Gasteiger partial charge in [0.25, 0.3) is 0 Å². The Bertz CT molecular complexity index is 265. The highest BCUT2D eigenvalue weighted by Crippen LogP contribution is 2.43. The zero-order valence-electron chi connectivity index (χ0n) is 11.9. The van der Waals surface area contributed by atoms with E-state index in [1.165, 1.54) is 19.3 Å². The molecule has 1 aliphatic rings. The van der Waals surface area contributed by atoms with Crippen LogP contribution in [0.5, 0.6) is 0 Å². The molecule has 0 amide bonds. The summed E-state index contributed by atoms with van der Waals surface area (Å²) in [5.41, 5.74) is 6.22. The van der Waals surface area contributed by atoms with Crippen molar-refractivity contribution in [1.82, 2.24) is 0 Å². The summed E-state index contributed by atoms with van der Waals surface area (Å²) < 4.78 is 12.2. The second kappa shape index (κ2) is 6.33. The van der Waals surface area contributed by atoms with Crippen LogP contribution in [0.1, 0.15) is 53.4 Å². The molecule has 102 valence electrons. The highest BCUT2D eigenvalue weighted by atomic mass is 32.2. The molecule has 1 saturated carbocycles. The van der Waals surface area contributed by atoms with Gasteiger partial charge in [0.1, 0.15) is 0 Å². The maximum Gasteiger partial charge on any atom is 0.0390 e. The zero-order chi connectivity index (χ0) is 13.1. The molecule has 0 bridgehead atoms. The Kier molecular flexibility index (Phi) is 5.65. The van der Waals surface area contributed by atoms with Gasteiger partial charge in [0.05, 0.1) is 0 Å².